The van der Waals surface area contributed by atoms with Crippen LogP contribution in [0.2, 0.25) is 0 Å². The van der Waals surface area contributed by atoms with Crippen molar-refractivity contribution in [2.75, 3.05) is 0 Å². The predicted octanol–water partition coefficient (Wildman–Crippen LogP) is 7.58. The molecule has 136 valence electrons. The third-order valence-corrected chi connectivity index (χ3v) is 7.00. The lowest BCUT2D eigenvalue weighted by atomic mass is 9.80. The number of hydrogen-bond acceptors (Lipinski definition) is 0. The molecule has 0 aromatic heterocycles. The summed E-state index contributed by atoms with van der Waals surface area (Å²) in [4.78, 5) is 0. The minimum absolute atomic E-state index is 0.0267. The van der Waals surface area contributed by atoms with E-state index >= 15 is 0 Å². The van der Waals surface area contributed by atoms with Gasteiger partial charge in [-0.25, -0.2) is 0 Å². The van der Waals surface area contributed by atoms with Crippen molar-refractivity contribution in [1.82, 2.24) is 0 Å². The molecule has 2 aliphatic rings. The maximum Gasteiger partial charge on any atom is 0.0168 e. The average Bonchev–Trinajstić information content (AvgIpc) is 2.87. The topological polar surface area (TPSA) is 0 Å². The Labute approximate surface area is 176 Å². The molecule has 27 heavy (non-hydrogen) atoms. The second-order valence-electron chi connectivity index (χ2n) is 7.88. The van der Waals surface area contributed by atoms with E-state index in [9.17, 15) is 0 Å². The maximum atomic E-state index is 4.44. The zero-order chi connectivity index (χ0) is 19.2. The molecule has 0 radical (unpaired) electrons. The Bertz CT molecular complexity index is 1030. The first kappa shape index (κ1) is 18.5. The fourth-order valence-corrected chi connectivity index (χ4v) is 5.20. The van der Waals surface area contributed by atoms with Crippen LogP contribution in [0.15, 0.2) is 66.8 Å². The highest BCUT2D eigenvalue weighted by Gasteiger charge is 2.37. The molecule has 0 saturated carbocycles. The van der Waals surface area contributed by atoms with Crippen LogP contribution in [-0.2, 0) is 11.8 Å². The van der Waals surface area contributed by atoms with Gasteiger partial charge in [0, 0.05) is 8.99 Å². The van der Waals surface area contributed by atoms with Gasteiger partial charge in [-0.3, -0.25) is 0 Å². The van der Waals surface area contributed by atoms with E-state index < -0.39 is 0 Å². The van der Waals surface area contributed by atoms with Crippen LogP contribution in [0.4, 0.5) is 0 Å². The van der Waals surface area contributed by atoms with Gasteiger partial charge in [0.1, 0.15) is 0 Å². The molecule has 0 fully saturated rings. The molecule has 2 aromatic carbocycles. The van der Waals surface area contributed by atoms with Gasteiger partial charge in [0.25, 0.3) is 0 Å². The molecule has 0 saturated heterocycles. The first-order chi connectivity index (χ1) is 12.9. The zero-order valence-corrected chi connectivity index (χ0v) is 18.4. The molecule has 0 N–H and O–H groups in total. The van der Waals surface area contributed by atoms with Crippen LogP contribution in [0.3, 0.4) is 0 Å². The van der Waals surface area contributed by atoms with Crippen LogP contribution in [0, 0.1) is 3.57 Å². The Morgan fingerprint density at radius 1 is 1.15 bits per heavy atom. The van der Waals surface area contributed by atoms with Gasteiger partial charge in [0.2, 0.25) is 0 Å². The summed E-state index contributed by atoms with van der Waals surface area (Å²) in [5.41, 5.74) is 10.6. The highest BCUT2D eigenvalue weighted by atomic mass is 127. The molecule has 0 spiro atoms. The SMILES string of the molecule is C=C1/C(=C\C(=C/C)c2ccc(I)c3c2C=CCC3)C(C)(C)c2ccccc21. The van der Waals surface area contributed by atoms with Crippen LogP contribution in [0.25, 0.3) is 17.2 Å². The Kier molecular flexibility index (Phi) is 4.75. The summed E-state index contributed by atoms with van der Waals surface area (Å²) >= 11 is 2.47. The quantitative estimate of drug-likeness (QED) is 0.402. The summed E-state index contributed by atoms with van der Waals surface area (Å²) < 4.78 is 1.37. The van der Waals surface area contributed by atoms with Crippen LogP contribution < -0.4 is 0 Å². The number of fused-ring (bicyclic) bond motifs is 2. The molecule has 0 aliphatic heterocycles. The largest absolute Gasteiger partial charge is 0.0908 e. The normalized spacial score (nSPS) is 19.3. The van der Waals surface area contributed by atoms with Gasteiger partial charge in [0.05, 0.1) is 0 Å². The van der Waals surface area contributed by atoms with Gasteiger partial charge < -0.3 is 0 Å². The number of halogens is 1. The lowest BCUT2D eigenvalue weighted by molar-refractivity contribution is 0.661. The van der Waals surface area contributed by atoms with Gasteiger partial charge in [-0.1, -0.05) is 69.0 Å². The van der Waals surface area contributed by atoms with Crippen LogP contribution in [0.5, 0.6) is 0 Å². The smallest absolute Gasteiger partial charge is 0.0168 e. The summed E-state index contributed by atoms with van der Waals surface area (Å²) in [5.74, 6) is 0. The van der Waals surface area contributed by atoms with E-state index in [1.165, 1.54) is 42.5 Å². The number of rotatable bonds is 2. The minimum Gasteiger partial charge on any atom is -0.0908 e. The standard InChI is InChI=1S/C26H25I/c1-5-18(20-14-15-25(27)22-12-7-6-11-21(20)22)16-24-17(2)19-10-8-9-13-23(19)26(24,3)4/h5-6,8-11,13-16H,2,7,12H2,1,3-4H3/b18-5+,24-16+. The Balaban J connectivity index is 1.86. The summed E-state index contributed by atoms with van der Waals surface area (Å²) in [6.07, 6.45) is 11.5. The van der Waals surface area contributed by atoms with Gasteiger partial charge in [0.15, 0.2) is 0 Å². The maximum absolute atomic E-state index is 4.44. The average molecular weight is 464 g/mol. The van der Waals surface area contributed by atoms with Gasteiger partial charge in [-0.05, 0) is 99.0 Å². The van der Waals surface area contributed by atoms with E-state index in [2.05, 4.69) is 111 Å². The van der Waals surface area contributed by atoms with Gasteiger partial charge >= 0.3 is 0 Å². The van der Waals surface area contributed by atoms with E-state index in [0.29, 0.717) is 0 Å². The van der Waals surface area contributed by atoms with E-state index in [1.54, 1.807) is 0 Å². The molecule has 1 heteroatoms. The van der Waals surface area contributed by atoms with Crippen LogP contribution >= 0.6 is 22.6 Å². The van der Waals surface area contributed by atoms with Crippen molar-refractivity contribution < 1.29 is 0 Å². The van der Waals surface area contributed by atoms with Crippen molar-refractivity contribution in [3.63, 3.8) is 0 Å². The van der Waals surface area contributed by atoms with Crippen molar-refractivity contribution >= 4 is 39.8 Å². The number of allylic oxidation sites excluding steroid dienone is 6. The van der Waals surface area contributed by atoms with E-state index in [4.69, 9.17) is 0 Å². The molecular weight excluding hydrogens is 439 g/mol. The molecule has 0 bridgehead atoms. The third-order valence-electron chi connectivity index (χ3n) is 5.99. The second-order valence-corrected chi connectivity index (χ2v) is 9.04. The fraction of sp³-hybridized carbons (Fsp3) is 0.231. The monoisotopic (exact) mass is 464 g/mol. The van der Waals surface area contributed by atoms with E-state index in [0.717, 1.165) is 18.4 Å². The summed E-state index contributed by atoms with van der Waals surface area (Å²) in [5, 5.41) is 0. The summed E-state index contributed by atoms with van der Waals surface area (Å²) in [6.45, 7) is 11.2. The first-order valence-electron chi connectivity index (χ1n) is 9.61. The number of hydrogen-bond donors (Lipinski definition) is 0. The Morgan fingerprint density at radius 2 is 1.93 bits per heavy atom. The Morgan fingerprint density at radius 3 is 2.67 bits per heavy atom. The van der Waals surface area contributed by atoms with E-state index in [-0.39, 0.29) is 5.41 Å². The molecular formula is C26H25I. The molecule has 0 unspecified atom stereocenters. The Hall–Kier alpha value is -1.87. The molecule has 4 rings (SSSR count). The predicted molar refractivity (Wildman–Crippen MR) is 127 cm³/mol. The highest BCUT2D eigenvalue weighted by Crippen LogP contribution is 2.49. The third kappa shape index (κ3) is 2.97. The van der Waals surface area contributed by atoms with Crippen molar-refractivity contribution in [3.8, 4) is 0 Å². The first-order valence-corrected chi connectivity index (χ1v) is 10.7. The number of benzene rings is 2. The van der Waals surface area contributed by atoms with Crippen molar-refractivity contribution in [3.05, 3.63) is 98.2 Å². The minimum atomic E-state index is -0.0267. The molecule has 0 atom stereocenters. The van der Waals surface area contributed by atoms with Crippen LogP contribution in [-0.4, -0.2) is 0 Å². The second kappa shape index (κ2) is 6.94. The van der Waals surface area contributed by atoms with E-state index in [1.807, 2.05) is 0 Å². The molecule has 0 nitrogen and oxygen atoms in total. The van der Waals surface area contributed by atoms with Gasteiger partial charge in [-0.2, -0.15) is 0 Å². The van der Waals surface area contributed by atoms with Crippen molar-refractivity contribution in [1.29, 1.82) is 0 Å². The van der Waals surface area contributed by atoms with Crippen LogP contribution in [0.1, 0.15) is 55.0 Å². The highest BCUT2D eigenvalue weighted by molar-refractivity contribution is 14.1. The summed E-state index contributed by atoms with van der Waals surface area (Å²) in [6, 6.07) is 13.2. The molecule has 2 aliphatic carbocycles. The lowest BCUT2D eigenvalue weighted by Gasteiger charge is -2.23. The molecule has 0 amide bonds. The van der Waals surface area contributed by atoms with Gasteiger partial charge in [-0.15, -0.1) is 0 Å². The van der Waals surface area contributed by atoms with Crippen molar-refractivity contribution in [2.24, 2.45) is 0 Å². The zero-order valence-electron chi connectivity index (χ0n) is 16.3. The molecule has 2 aromatic rings. The fourth-order valence-electron chi connectivity index (χ4n) is 4.46. The molecule has 0 heterocycles. The van der Waals surface area contributed by atoms with Crippen molar-refractivity contribution in [2.45, 2.75) is 39.0 Å². The summed E-state index contributed by atoms with van der Waals surface area (Å²) in [7, 11) is 0. The lowest BCUT2D eigenvalue weighted by Crippen LogP contribution is -2.15.